The van der Waals surface area contributed by atoms with Crippen molar-refractivity contribution in [2.75, 3.05) is 4.90 Å². The van der Waals surface area contributed by atoms with Crippen molar-refractivity contribution in [3.05, 3.63) is 243 Å². The van der Waals surface area contributed by atoms with Gasteiger partial charge in [0.25, 0.3) is 0 Å². The Hall–Kier alpha value is -8.66. The molecule has 0 fully saturated rings. The lowest BCUT2D eigenvalue weighted by Crippen LogP contribution is -2.11. The van der Waals surface area contributed by atoms with Gasteiger partial charge in [-0.25, -0.2) is 0 Å². The molecule has 0 aliphatic rings. The van der Waals surface area contributed by atoms with Crippen LogP contribution >= 0.6 is 0 Å². The molecule has 13 rings (SSSR count). The van der Waals surface area contributed by atoms with Gasteiger partial charge in [-0.1, -0.05) is 164 Å². The van der Waals surface area contributed by atoms with Crippen LogP contribution in [0.3, 0.4) is 0 Å². The number of hydrogen-bond donors (Lipinski definition) is 0. The van der Waals surface area contributed by atoms with Gasteiger partial charge in [0.05, 0.1) is 16.7 Å². The molecule has 0 aliphatic heterocycles. The lowest BCUT2D eigenvalue weighted by Gasteiger charge is -2.28. The van der Waals surface area contributed by atoms with Crippen molar-refractivity contribution in [1.29, 1.82) is 0 Å². The van der Waals surface area contributed by atoms with Gasteiger partial charge in [-0.3, -0.25) is 0 Å². The number of furan rings is 1. The van der Waals surface area contributed by atoms with E-state index in [-0.39, 0.29) is 0 Å². The quantitative estimate of drug-likeness (QED) is 0.149. The first-order valence-corrected chi connectivity index (χ1v) is 22.2. The Labute approximate surface area is 376 Å². The summed E-state index contributed by atoms with van der Waals surface area (Å²) in [6, 6.07) is 87.8. The molecule has 3 heteroatoms. The maximum atomic E-state index is 6.30. The molecule has 2 aromatic heterocycles. The summed E-state index contributed by atoms with van der Waals surface area (Å²) < 4.78 is 8.68. The van der Waals surface area contributed by atoms with Gasteiger partial charge < -0.3 is 13.9 Å². The Balaban J connectivity index is 0.939. The third-order valence-corrected chi connectivity index (χ3v) is 13.2. The first-order valence-electron chi connectivity index (χ1n) is 22.2. The monoisotopic (exact) mass is 828 g/mol. The number of anilines is 3. The fourth-order valence-electron chi connectivity index (χ4n) is 10.1. The van der Waals surface area contributed by atoms with E-state index < -0.39 is 0 Å². The van der Waals surface area contributed by atoms with E-state index in [1.165, 1.54) is 48.9 Å². The van der Waals surface area contributed by atoms with Gasteiger partial charge in [0.15, 0.2) is 0 Å². The first kappa shape index (κ1) is 36.9. The highest BCUT2D eigenvalue weighted by molar-refractivity contribution is 6.15. The molecule has 0 atom stereocenters. The second-order valence-electron chi connectivity index (χ2n) is 16.9. The number of hydrogen-bond acceptors (Lipinski definition) is 2. The largest absolute Gasteiger partial charge is 0.456 e. The van der Waals surface area contributed by atoms with Crippen LogP contribution in [0.1, 0.15) is 0 Å². The minimum Gasteiger partial charge on any atom is -0.456 e. The molecule has 65 heavy (non-hydrogen) atoms. The van der Waals surface area contributed by atoms with E-state index >= 15 is 0 Å². The summed E-state index contributed by atoms with van der Waals surface area (Å²) in [4.78, 5) is 2.41. The Morgan fingerprint density at radius 1 is 0.308 bits per heavy atom. The number of rotatable bonds is 7. The Bertz CT molecular complexity index is 3900. The lowest BCUT2D eigenvalue weighted by atomic mass is 9.92. The average molecular weight is 829 g/mol. The minimum absolute atomic E-state index is 0.895. The van der Waals surface area contributed by atoms with Crippen LogP contribution < -0.4 is 4.90 Å². The second kappa shape index (κ2) is 15.0. The first-order chi connectivity index (χ1) is 32.2. The van der Waals surface area contributed by atoms with Crippen molar-refractivity contribution in [2.45, 2.75) is 0 Å². The molecule has 0 spiro atoms. The molecule has 0 aliphatic carbocycles. The predicted octanol–water partition coefficient (Wildman–Crippen LogP) is 17.5. The van der Waals surface area contributed by atoms with Gasteiger partial charge in [-0.05, 0) is 128 Å². The summed E-state index contributed by atoms with van der Waals surface area (Å²) in [7, 11) is 0. The van der Waals surface area contributed by atoms with E-state index in [0.717, 1.165) is 72.5 Å². The van der Waals surface area contributed by atoms with Crippen LogP contribution in [-0.2, 0) is 0 Å². The van der Waals surface area contributed by atoms with E-state index in [1.54, 1.807) is 0 Å². The maximum absolute atomic E-state index is 6.30. The zero-order chi connectivity index (χ0) is 42.8. The van der Waals surface area contributed by atoms with Crippen LogP contribution in [0.2, 0.25) is 0 Å². The van der Waals surface area contributed by atoms with Gasteiger partial charge in [0, 0.05) is 44.2 Å². The molecule has 304 valence electrons. The smallest absolute Gasteiger partial charge is 0.136 e. The Kier molecular flexibility index (Phi) is 8.53. The van der Waals surface area contributed by atoms with E-state index in [2.05, 4.69) is 240 Å². The van der Waals surface area contributed by atoms with Gasteiger partial charge in [0.1, 0.15) is 11.2 Å². The minimum atomic E-state index is 0.895. The molecule has 0 N–H and O–H groups in total. The molecule has 11 aromatic carbocycles. The fourth-order valence-corrected chi connectivity index (χ4v) is 10.1. The Morgan fingerprint density at radius 2 is 0.846 bits per heavy atom. The summed E-state index contributed by atoms with van der Waals surface area (Å²) in [6.07, 6.45) is 0. The van der Waals surface area contributed by atoms with Crippen LogP contribution in [0.25, 0.3) is 104 Å². The van der Waals surface area contributed by atoms with Crippen LogP contribution in [0.5, 0.6) is 0 Å². The molecule has 0 bridgehead atoms. The van der Waals surface area contributed by atoms with Gasteiger partial charge in [0.2, 0.25) is 0 Å². The fraction of sp³-hybridized carbons (Fsp3) is 0. The topological polar surface area (TPSA) is 21.3 Å². The highest BCUT2D eigenvalue weighted by Gasteiger charge is 2.20. The van der Waals surface area contributed by atoms with Gasteiger partial charge in [-0.2, -0.15) is 0 Å². The SMILES string of the molecule is c1cc(-c2ccc(N(c3ccc(-c4ccc5c(c4)oc4ccccc45)cc3)c3ccccc3-c3cc4ccccc4c4ccccc34)cc2)cc(-n2c3ccccc3c3ccccc32)c1. The zero-order valence-corrected chi connectivity index (χ0v) is 35.4. The zero-order valence-electron chi connectivity index (χ0n) is 35.4. The van der Waals surface area contributed by atoms with E-state index in [9.17, 15) is 0 Å². The molecule has 0 saturated carbocycles. The molecule has 0 saturated heterocycles. The maximum Gasteiger partial charge on any atom is 0.136 e. The average Bonchev–Trinajstić information content (AvgIpc) is 3.92. The van der Waals surface area contributed by atoms with Crippen LogP contribution in [0, 0.1) is 0 Å². The molecule has 2 heterocycles. The molecule has 0 radical (unpaired) electrons. The molecule has 13 aromatic rings. The van der Waals surface area contributed by atoms with Gasteiger partial charge >= 0.3 is 0 Å². The Morgan fingerprint density at radius 3 is 1.57 bits per heavy atom. The number of benzene rings is 11. The number of fused-ring (bicyclic) bond motifs is 9. The van der Waals surface area contributed by atoms with E-state index in [1.807, 2.05) is 12.1 Å². The van der Waals surface area contributed by atoms with Crippen LogP contribution in [0.4, 0.5) is 17.1 Å². The standard InChI is InChI=1S/C62H40N2O/c1-2-17-49-45(14-1)39-57(51-19-4-3-18-50(49)51)54-22-7-9-24-58(54)63(47-35-30-42(31-36-47)44-32-37-56-55-23-8-12-27-61(55)65-62(56)40-44)46-33-28-41(29-34-46)43-15-13-16-48(38-43)64-59-25-10-5-20-52(59)53-21-6-11-26-60(53)64/h1-40H. The molecular weight excluding hydrogens is 789 g/mol. The molecule has 3 nitrogen and oxygen atoms in total. The van der Waals surface area contributed by atoms with Crippen LogP contribution in [0.15, 0.2) is 247 Å². The predicted molar refractivity (Wildman–Crippen MR) is 274 cm³/mol. The summed E-state index contributed by atoms with van der Waals surface area (Å²) in [5.41, 5.74) is 15.5. The van der Waals surface area contributed by atoms with Crippen molar-refractivity contribution < 1.29 is 4.42 Å². The summed E-state index contributed by atoms with van der Waals surface area (Å²) in [5.74, 6) is 0. The summed E-state index contributed by atoms with van der Waals surface area (Å²) in [5, 5.41) is 9.75. The van der Waals surface area contributed by atoms with Crippen molar-refractivity contribution in [2.24, 2.45) is 0 Å². The van der Waals surface area contributed by atoms with Gasteiger partial charge in [-0.15, -0.1) is 0 Å². The second-order valence-corrected chi connectivity index (χ2v) is 16.9. The number of aromatic nitrogens is 1. The lowest BCUT2D eigenvalue weighted by molar-refractivity contribution is 0.669. The highest BCUT2D eigenvalue weighted by Crippen LogP contribution is 2.45. The van der Waals surface area contributed by atoms with Crippen molar-refractivity contribution in [3.8, 4) is 39.1 Å². The normalized spacial score (nSPS) is 11.7. The highest BCUT2D eigenvalue weighted by atomic mass is 16.3. The number of nitrogens with zero attached hydrogens (tertiary/aromatic N) is 2. The number of para-hydroxylation sites is 4. The molecule has 0 unspecified atom stereocenters. The summed E-state index contributed by atoms with van der Waals surface area (Å²) >= 11 is 0. The van der Waals surface area contributed by atoms with E-state index in [4.69, 9.17) is 4.42 Å². The third kappa shape index (κ3) is 6.12. The molecule has 0 amide bonds. The third-order valence-electron chi connectivity index (χ3n) is 13.2. The summed E-state index contributed by atoms with van der Waals surface area (Å²) in [6.45, 7) is 0. The van der Waals surface area contributed by atoms with Crippen molar-refractivity contribution in [3.63, 3.8) is 0 Å². The van der Waals surface area contributed by atoms with E-state index in [0.29, 0.717) is 0 Å². The van der Waals surface area contributed by atoms with Crippen LogP contribution in [-0.4, -0.2) is 4.57 Å². The molecular formula is C62H40N2O. The van der Waals surface area contributed by atoms with Crippen molar-refractivity contribution in [1.82, 2.24) is 4.57 Å². The van der Waals surface area contributed by atoms with Crippen molar-refractivity contribution >= 4 is 82.4 Å².